The van der Waals surface area contributed by atoms with Crippen molar-refractivity contribution in [3.05, 3.63) is 24.5 Å². The van der Waals surface area contributed by atoms with Gasteiger partial charge in [0.25, 0.3) is 0 Å². The molecule has 0 amide bonds. The van der Waals surface area contributed by atoms with Crippen LogP contribution in [0.2, 0.25) is 0 Å². The number of nitrogens with one attached hydrogen (secondary N) is 2. The monoisotopic (exact) mass is 247 g/mol. The zero-order chi connectivity index (χ0) is 11.7. The maximum absolute atomic E-state index is 5.35. The highest BCUT2D eigenvalue weighted by molar-refractivity contribution is 7.80. The van der Waals surface area contributed by atoms with E-state index < -0.39 is 0 Å². The topological polar surface area (TPSA) is 37.0 Å². The second kappa shape index (κ2) is 4.61. The summed E-state index contributed by atoms with van der Waals surface area (Å²) in [5.41, 5.74) is 1.00. The Morgan fingerprint density at radius 2 is 2.06 bits per heavy atom. The van der Waals surface area contributed by atoms with E-state index in [0.717, 1.165) is 22.6 Å². The molecule has 0 spiro atoms. The maximum atomic E-state index is 5.35. The number of rotatable bonds is 2. The van der Waals surface area contributed by atoms with Crippen molar-refractivity contribution in [2.45, 2.75) is 31.7 Å². The van der Waals surface area contributed by atoms with Gasteiger partial charge in [-0.2, -0.15) is 0 Å². The van der Waals surface area contributed by atoms with Crippen LogP contribution in [-0.2, 0) is 0 Å². The number of fused-ring (bicyclic) bond motifs is 2. The lowest BCUT2D eigenvalue weighted by atomic mass is 9.96. The van der Waals surface area contributed by atoms with E-state index in [0.29, 0.717) is 6.04 Å². The predicted octanol–water partition coefficient (Wildman–Crippen LogP) is 2.56. The summed E-state index contributed by atoms with van der Waals surface area (Å²) in [5.74, 6) is 1.79. The van der Waals surface area contributed by atoms with Gasteiger partial charge in [-0.05, 0) is 55.4 Å². The Balaban J connectivity index is 1.54. The normalized spacial score (nSPS) is 30.2. The van der Waals surface area contributed by atoms with Crippen molar-refractivity contribution in [3.8, 4) is 0 Å². The molecule has 2 N–H and O–H groups in total. The molecule has 1 aromatic rings. The fourth-order valence-corrected chi connectivity index (χ4v) is 3.46. The Morgan fingerprint density at radius 3 is 2.71 bits per heavy atom. The first-order valence-corrected chi connectivity index (χ1v) is 6.69. The molecule has 2 aliphatic carbocycles. The molecule has 90 valence electrons. The number of thiocarbonyl (C=S) groups is 1. The molecule has 0 aliphatic heterocycles. The van der Waals surface area contributed by atoms with Gasteiger partial charge >= 0.3 is 0 Å². The van der Waals surface area contributed by atoms with Crippen molar-refractivity contribution in [3.63, 3.8) is 0 Å². The van der Waals surface area contributed by atoms with Crippen LogP contribution in [-0.4, -0.2) is 16.1 Å². The first-order chi connectivity index (χ1) is 8.31. The van der Waals surface area contributed by atoms with Gasteiger partial charge in [0.1, 0.15) is 0 Å². The van der Waals surface area contributed by atoms with Gasteiger partial charge in [-0.1, -0.05) is 6.42 Å². The number of aromatic nitrogens is 1. The summed E-state index contributed by atoms with van der Waals surface area (Å²) in [6, 6.07) is 4.44. The minimum absolute atomic E-state index is 0.593. The average Bonchev–Trinajstić information content (AvgIpc) is 2.92. The molecule has 0 saturated heterocycles. The summed E-state index contributed by atoms with van der Waals surface area (Å²) in [6.45, 7) is 0. The maximum Gasteiger partial charge on any atom is 0.171 e. The Labute approximate surface area is 107 Å². The van der Waals surface area contributed by atoms with Crippen LogP contribution in [0.4, 0.5) is 5.69 Å². The summed E-state index contributed by atoms with van der Waals surface area (Å²) in [5, 5.41) is 7.41. The highest BCUT2D eigenvalue weighted by atomic mass is 32.1. The van der Waals surface area contributed by atoms with Crippen LogP contribution in [0.5, 0.6) is 0 Å². The summed E-state index contributed by atoms with van der Waals surface area (Å²) >= 11 is 5.35. The van der Waals surface area contributed by atoms with Crippen LogP contribution in [0.1, 0.15) is 25.7 Å². The van der Waals surface area contributed by atoms with E-state index in [2.05, 4.69) is 15.6 Å². The van der Waals surface area contributed by atoms with E-state index in [1.165, 1.54) is 25.7 Å². The van der Waals surface area contributed by atoms with E-state index in [1.807, 2.05) is 12.1 Å². The Morgan fingerprint density at radius 1 is 1.24 bits per heavy atom. The number of pyridine rings is 1. The molecule has 17 heavy (non-hydrogen) atoms. The van der Waals surface area contributed by atoms with Crippen LogP contribution < -0.4 is 10.6 Å². The molecule has 1 heterocycles. The van der Waals surface area contributed by atoms with Crippen LogP contribution in [0.3, 0.4) is 0 Å². The smallest absolute Gasteiger partial charge is 0.171 e. The van der Waals surface area contributed by atoms with Crippen molar-refractivity contribution >= 4 is 23.0 Å². The van der Waals surface area contributed by atoms with Crippen LogP contribution in [0, 0.1) is 11.8 Å². The van der Waals surface area contributed by atoms with E-state index in [4.69, 9.17) is 12.2 Å². The molecule has 3 rings (SSSR count). The van der Waals surface area contributed by atoms with Gasteiger partial charge in [0, 0.05) is 24.1 Å². The molecule has 0 aromatic carbocycles. The third-order valence-electron chi connectivity index (χ3n) is 3.99. The third-order valence-corrected chi connectivity index (χ3v) is 4.21. The van der Waals surface area contributed by atoms with Crippen molar-refractivity contribution < 1.29 is 0 Å². The van der Waals surface area contributed by atoms with E-state index in [-0.39, 0.29) is 0 Å². The van der Waals surface area contributed by atoms with Gasteiger partial charge in [-0.3, -0.25) is 4.98 Å². The van der Waals surface area contributed by atoms with Crippen molar-refractivity contribution in [1.29, 1.82) is 0 Å². The first-order valence-electron chi connectivity index (χ1n) is 6.29. The molecule has 3 nitrogen and oxygen atoms in total. The minimum Gasteiger partial charge on any atom is -0.359 e. The molecule has 2 aliphatic rings. The van der Waals surface area contributed by atoms with E-state index >= 15 is 0 Å². The standard InChI is InChI=1S/C13H17N3S/c17-13(15-11-3-5-14-6-4-11)16-12-8-9-1-2-10(12)7-9/h3-6,9-10,12H,1-2,7-8H2,(H2,14,15,16,17)/t9-,10-,12+/m1/s1. The van der Waals surface area contributed by atoms with Crippen molar-refractivity contribution in [2.24, 2.45) is 11.8 Å². The van der Waals surface area contributed by atoms with Crippen LogP contribution in [0.15, 0.2) is 24.5 Å². The summed E-state index contributed by atoms with van der Waals surface area (Å²) in [6.07, 6.45) is 9.02. The van der Waals surface area contributed by atoms with Crippen molar-refractivity contribution in [1.82, 2.24) is 10.3 Å². The number of nitrogens with zero attached hydrogens (tertiary/aromatic N) is 1. The lowest BCUT2D eigenvalue weighted by Crippen LogP contribution is -2.40. The SMILES string of the molecule is S=C(Nc1ccncc1)N[C@H]1C[C@@H]2CC[C@@H]1C2. The first kappa shape index (κ1) is 11.0. The Hall–Kier alpha value is -1.16. The van der Waals surface area contributed by atoms with E-state index in [9.17, 15) is 0 Å². The minimum atomic E-state index is 0.593. The highest BCUT2D eigenvalue weighted by Crippen LogP contribution is 2.44. The lowest BCUT2D eigenvalue weighted by Gasteiger charge is -2.24. The molecule has 3 atom stereocenters. The molecule has 2 bridgehead atoms. The predicted molar refractivity (Wildman–Crippen MR) is 72.8 cm³/mol. The fraction of sp³-hybridized carbons (Fsp3) is 0.538. The number of hydrogen-bond acceptors (Lipinski definition) is 2. The summed E-state index contributed by atoms with van der Waals surface area (Å²) in [7, 11) is 0. The second-order valence-corrected chi connectivity index (χ2v) is 5.52. The zero-order valence-corrected chi connectivity index (χ0v) is 10.5. The number of anilines is 1. The van der Waals surface area contributed by atoms with Gasteiger partial charge < -0.3 is 10.6 Å². The quantitative estimate of drug-likeness (QED) is 0.788. The summed E-state index contributed by atoms with van der Waals surface area (Å²) in [4.78, 5) is 3.98. The van der Waals surface area contributed by atoms with Crippen LogP contribution >= 0.6 is 12.2 Å². The molecular weight excluding hydrogens is 230 g/mol. The van der Waals surface area contributed by atoms with Crippen LogP contribution in [0.25, 0.3) is 0 Å². The van der Waals surface area contributed by atoms with Crippen molar-refractivity contribution in [2.75, 3.05) is 5.32 Å². The molecule has 4 heteroatoms. The fourth-order valence-electron chi connectivity index (χ4n) is 3.19. The van der Waals surface area contributed by atoms with Gasteiger partial charge in [-0.15, -0.1) is 0 Å². The molecule has 0 radical (unpaired) electrons. The third kappa shape index (κ3) is 2.41. The van der Waals surface area contributed by atoms with Gasteiger partial charge in [-0.25, -0.2) is 0 Å². The van der Waals surface area contributed by atoms with Gasteiger partial charge in [0.2, 0.25) is 0 Å². The average molecular weight is 247 g/mol. The molecule has 2 saturated carbocycles. The zero-order valence-electron chi connectivity index (χ0n) is 9.73. The Kier molecular flexibility index (Phi) is 2.97. The molecule has 0 unspecified atom stereocenters. The van der Waals surface area contributed by atoms with Gasteiger partial charge in [0.05, 0.1) is 0 Å². The Bertz CT molecular complexity index is 406. The number of hydrogen-bond donors (Lipinski definition) is 2. The molecular formula is C13H17N3S. The summed E-state index contributed by atoms with van der Waals surface area (Å²) < 4.78 is 0. The molecule has 1 aromatic heterocycles. The van der Waals surface area contributed by atoms with E-state index in [1.54, 1.807) is 12.4 Å². The van der Waals surface area contributed by atoms with Gasteiger partial charge in [0.15, 0.2) is 5.11 Å². The molecule has 2 fully saturated rings. The second-order valence-electron chi connectivity index (χ2n) is 5.12. The lowest BCUT2D eigenvalue weighted by molar-refractivity contribution is 0.392. The largest absolute Gasteiger partial charge is 0.359 e. The highest BCUT2D eigenvalue weighted by Gasteiger charge is 2.39.